The van der Waals surface area contributed by atoms with Crippen molar-refractivity contribution in [1.82, 2.24) is 0 Å². The Bertz CT molecular complexity index is 187. The van der Waals surface area contributed by atoms with E-state index in [0.717, 1.165) is 6.61 Å². The van der Waals surface area contributed by atoms with Crippen LogP contribution < -0.4 is 0 Å². The molecule has 0 unspecified atom stereocenters. The summed E-state index contributed by atoms with van der Waals surface area (Å²) in [6, 6.07) is 0. The highest BCUT2D eigenvalue weighted by Gasteiger charge is 2.43. The van der Waals surface area contributed by atoms with E-state index in [1.165, 1.54) is 12.8 Å². The Morgan fingerprint density at radius 3 is 2.00 bits per heavy atom. The molecule has 0 spiro atoms. The first-order valence-corrected chi connectivity index (χ1v) is 8.21. The van der Waals surface area contributed by atoms with Gasteiger partial charge in [-0.25, -0.2) is 0 Å². The van der Waals surface area contributed by atoms with E-state index < -0.39 is 8.32 Å². The van der Waals surface area contributed by atoms with E-state index in [0.29, 0.717) is 10.5 Å². The van der Waals surface area contributed by atoms with Gasteiger partial charge in [-0.15, -0.1) is 0 Å². The predicted octanol–water partition coefficient (Wildman–Crippen LogP) is 3.81. The average molecular weight is 200 g/mol. The molecule has 2 heteroatoms. The molecule has 0 aromatic rings. The van der Waals surface area contributed by atoms with Gasteiger partial charge in [-0.05, 0) is 36.4 Å². The number of hydrogen-bond acceptors (Lipinski definition) is 1. The molecule has 1 aliphatic rings. The lowest BCUT2D eigenvalue weighted by Gasteiger charge is -2.37. The number of rotatable bonds is 3. The van der Waals surface area contributed by atoms with Gasteiger partial charge in [-0.1, -0.05) is 27.7 Å². The molecule has 0 N–H and O–H groups in total. The summed E-state index contributed by atoms with van der Waals surface area (Å²) in [6.07, 6.45) is 2.73. The molecule has 0 heterocycles. The predicted molar refractivity (Wildman–Crippen MR) is 60.5 cm³/mol. The van der Waals surface area contributed by atoms with Gasteiger partial charge < -0.3 is 4.43 Å². The van der Waals surface area contributed by atoms with Crippen molar-refractivity contribution in [2.45, 2.75) is 58.7 Å². The molecule has 0 amide bonds. The van der Waals surface area contributed by atoms with Gasteiger partial charge in [0.05, 0.1) is 0 Å². The van der Waals surface area contributed by atoms with E-state index in [1.54, 1.807) is 0 Å². The van der Waals surface area contributed by atoms with Gasteiger partial charge in [-0.2, -0.15) is 0 Å². The molecular weight excluding hydrogens is 176 g/mol. The molecule has 0 atom stereocenters. The summed E-state index contributed by atoms with van der Waals surface area (Å²) >= 11 is 0. The summed E-state index contributed by atoms with van der Waals surface area (Å²) in [5.74, 6) is 0. The van der Waals surface area contributed by atoms with E-state index in [9.17, 15) is 0 Å². The second-order valence-electron chi connectivity index (χ2n) is 6.36. The Labute approximate surface area is 84.0 Å². The standard InChI is InChI=1S/C11H24OSi/c1-10(2,3)13(5,6)12-9-11(4)7-8-11/h7-9H2,1-6H3. The summed E-state index contributed by atoms with van der Waals surface area (Å²) in [7, 11) is -1.47. The Kier molecular flexibility index (Phi) is 2.68. The van der Waals surface area contributed by atoms with Crippen LogP contribution in [-0.4, -0.2) is 14.9 Å². The Hall–Kier alpha value is 0.177. The zero-order valence-corrected chi connectivity index (χ0v) is 11.0. The fourth-order valence-electron chi connectivity index (χ4n) is 0.929. The van der Waals surface area contributed by atoms with Gasteiger partial charge in [0.25, 0.3) is 0 Å². The van der Waals surface area contributed by atoms with Crippen LogP contribution in [0.2, 0.25) is 18.1 Å². The molecule has 1 nitrogen and oxygen atoms in total. The van der Waals surface area contributed by atoms with Crippen molar-refractivity contribution in [3.8, 4) is 0 Å². The van der Waals surface area contributed by atoms with Gasteiger partial charge in [0, 0.05) is 6.61 Å². The Balaban J connectivity index is 2.42. The molecule has 0 saturated heterocycles. The second-order valence-corrected chi connectivity index (χ2v) is 11.2. The fourth-order valence-corrected chi connectivity index (χ4v) is 2.07. The van der Waals surface area contributed by atoms with Crippen LogP contribution in [0.25, 0.3) is 0 Å². The molecule has 0 bridgehead atoms. The minimum absolute atomic E-state index is 0.359. The van der Waals surface area contributed by atoms with E-state index in [4.69, 9.17) is 4.43 Å². The lowest BCUT2D eigenvalue weighted by atomic mass is 10.2. The minimum Gasteiger partial charge on any atom is -0.416 e. The SMILES string of the molecule is CC1(CO[Si](C)(C)C(C)(C)C)CC1. The molecule has 0 aromatic heterocycles. The van der Waals surface area contributed by atoms with Crippen molar-refractivity contribution in [2.75, 3.05) is 6.61 Å². The molecule has 1 saturated carbocycles. The van der Waals surface area contributed by atoms with Crippen molar-refractivity contribution < 1.29 is 4.43 Å². The maximum atomic E-state index is 6.16. The van der Waals surface area contributed by atoms with E-state index >= 15 is 0 Å². The van der Waals surface area contributed by atoms with Crippen LogP contribution in [0.5, 0.6) is 0 Å². The van der Waals surface area contributed by atoms with Crippen molar-refractivity contribution in [3.63, 3.8) is 0 Å². The summed E-state index contributed by atoms with van der Waals surface area (Å²) in [5, 5.41) is 0.359. The summed E-state index contributed by atoms with van der Waals surface area (Å²) in [6.45, 7) is 14.9. The highest BCUT2D eigenvalue weighted by atomic mass is 28.4. The fraction of sp³-hybridized carbons (Fsp3) is 1.00. The molecule has 0 radical (unpaired) electrons. The summed E-state index contributed by atoms with van der Waals surface area (Å²) < 4.78 is 6.16. The first-order chi connectivity index (χ1) is 5.66. The largest absolute Gasteiger partial charge is 0.416 e. The van der Waals surface area contributed by atoms with Crippen molar-refractivity contribution in [3.05, 3.63) is 0 Å². The summed E-state index contributed by atoms with van der Waals surface area (Å²) in [5.41, 5.74) is 0.537. The third-order valence-corrected chi connectivity index (χ3v) is 8.17. The van der Waals surface area contributed by atoms with Crippen molar-refractivity contribution in [1.29, 1.82) is 0 Å². The quantitative estimate of drug-likeness (QED) is 0.630. The second kappa shape index (κ2) is 3.09. The topological polar surface area (TPSA) is 9.23 Å². The smallest absolute Gasteiger partial charge is 0.192 e. The van der Waals surface area contributed by atoms with Gasteiger partial charge in [0.2, 0.25) is 0 Å². The van der Waals surface area contributed by atoms with Crippen LogP contribution in [0.1, 0.15) is 40.5 Å². The van der Waals surface area contributed by atoms with E-state index in [2.05, 4.69) is 40.8 Å². The molecule has 0 aromatic carbocycles. The summed E-state index contributed by atoms with van der Waals surface area (Å²) in [4.78, 5) is 0. The average Bonchev–Trinajstić information content (AvgIpc) is 2.63. The maximum Gasteiger partial charge on any atom is 0.192 e. The monoisotopic (exact) mass is 200 g/mol. The van der Waals surface area contributed by atoms with Crippen LogP contribution in [0, 0.1) is 5.41 Å². The molecule has 78 valence electrons. The molecule has 13 heavy (non-hydrogen) atoms. The lowest BCUT2D eigenvalue weighted by Crippen LogP contribution is -2.42. The first-order valence-electron chi connectivity index (χ1n) is 5.30. The third kappa shape index (κ3) is 2.81. The van der Waals surface area contributed by atoms with Crippen LogP contribution in [0.15, 0.2) is 0 Å². The number of hydrogen-bond donors (Lipinski definition) is 0. The van der Waals surface area contributed by atoms with Crippen LogP contribution in [0.3, 0.4) is 0 Å². The minimum atomic E-state index is -1.47. The van der Waals surface area contributed by atoms with Crippen LogP contribution in [0.4, 0.5) is 0 Å². The molecule has 0 aliphatic heterocycles. The molecular formula is C11H24OSi. The van der Waals surface area contributed by atoms with Crippen molar-refractivity contribution in [2.24, 2.45) is 5.41 Å². The first kappa shape index (κ1) is 11.3. The van der Waals surface area contributed by atoms with Crippen LogP contribution in [-0.2, 0) is 4.43 Å². The highest BCUT2D eigenvalue weighted by molar-refractivity contribution is 6.74. The van der Waals surface area contributed by atoms with Crippen LogP contribution >= 0.6 is 0 Å². The molecule has 1 rings (SSSR count). The Morgan fingerprint density at radius 1 is 1.23 bits per heavy atom. The lowest BCUT2D eigenvalue weighted by molar-refractivity contribution is 0.226. The van der Waals surface area contributed by atoms with Crippen molar-refractivity contribution >= 4 is 8.32 Å². The normalized spacial score (nSPS) is 21.7. The zero-order chi connectivity index (χ0) is 10.3. The Morgan fingerprint density at radius 2 is 1.69 bits per heavy atom. The molecule has 1 aliphatic carbocycles. The van der Waals surface area contributed by atoms with Gasteiger partial charge in [0.1, 0.15) is 0 Å². The third-order valence-electron chi connectivity index (χ3n) is 3.69. The van der Waals surface area contributed by atoms with Gasteiger partial charge >= 0.3 is 0 Å². The van der Waals surface area contributed by atoms with Gasteiger partial charge in [0.15, 0.2) is 8.32 Å². The van der Waals surface area contributed by atoms with Gasteiger partial charge in [-0.3, -0.25) is 0 Å². The zero-order valence-electron chi connectivity index (χ0n) is 10.0. The molecule has 1 fully saturated rings. The highest BCUT2D eigenvalue weighted by Crippen LogP contribution is 2.47. The maximum absolute atomic E-state index is 6.16. The van der Waals surface area contributed by atoms with E-state index in [1.807, 2.05) is 0 Å². The van der Waals surface area contributed by atoms with E-state index in [-0.39, 0.29) is 0 Å².